The highest BCUT2D eigenvalue weighted by atomic mass is 32.2. The van der Waals surface area contributed by atoms with Crippen LogP contribution in [0.25, 0.3) is 0 Å². The van der Waals surface area contributed by atoms with Crippen molar-refractivity contribution < 1.29 is 18.3 Å². The van der Waals surface area contributed by atoms with Crippen LogP contribution >= 0.6 is 0 Å². The minimum absolute atomic E-state index is 0.117. The van der Waals surface area contributed by atoms with Gasteiger partial charge < -0.3 is 5.11 Å². The molecule has 1 heterocycles. The highest BCUT2D eigenvalue weighted by Gasteiger charge is 2.40. The summed E-state index contributed by atoms with van der Waals surface area (Å²) < 4.78 is 24.2. The maximum Gasteiger partial charge on any atom is 0.309 e. The van der Waals surface area contributed by atoms with E-state index in [0.717, 1.165) is 12.8 Å². The van der Waals surface area contributed by atoms with Crippen LogP contribution in [0.4, 0.5) is 0 Å². The minimum Gasteiger partial charge on any atom is -0.481 e. The van der Waals surface area contributed by atoms with E-state index in [1.54, 1.807) is 13.8 Å². The maximum atomic E-state index is 11.4. The first-order valence-electron chi connectivity index (χ1n) is 5.34. The molecule has 0 radical (unpaired) electrons. The van der Waals surface area contributed by atoms with Gasteiger partial charge in [0, 0.05) is 13.1 Å². The van der Waals surface area contributed by atoms with Crippen molar-refractivity contribution in [3.63, 3.8) is 0 Å². The fourth-order valence-corrected chi connectivity index (χ4v) is 2.92. The smallest absolute Gasteiger partial charge is 0.309 e. The van der Waals surface area contributed by atoms with Crippen molar-refractivity contribution in [2.45, 2.75) is 26.7 Å². The molecule has 0 bridgehead atoms. The van der Waals surface area contributed by atoms with Gasteiger partial charge in [0.05, 0.1) is 11.7 Å². The molecule has 94 valence electrons. The van der Waals surface area contributed by atoms with Gasteiger partial charge in [-0.3, -0.25) is 4.79 Å². The lowest BCUT2D eigenvalue weighted by Gasteiger charge is -2.38. The van der Waals surface area contributed by atoms with Crippen molar-refractivity contribution in [3.8, 4) is 0 Å². The van der Waals surface area contributed by atoms with Crippen LogP contribution in [-0.4, -0.2) is 43.1 Å². The van der Waals surface area contributed by atoms with Gasteiger partial charge in [0.1, 0.15) is 0 Å². The molecule has 1 atom stereocenters. The number of carboxylic acid groups (broad SMARTS) is 1. The van der Waals surface area contributed by atoms with Crippen LogP contribution in [-0.2, 0) is 14.8 Å². The van der Waals surface area contributed by atoms with Gasteiger partial charge in [0.2, 0.25) is 10.0 Å². The van der Waals surface area contributed by atoms with Gasteiger partial charge in [-0.1, -0.05) is 0 Å². The van der Waals surface area contributed by atoms with Gasteiger partial charge in [0.25, 0.3) is 0 Å². The largest absolute Gasteiger partial charge is 0.481 e. The Hall–Kier alpha value is -0.620. The van der Waals surface area contributed by atoms with E-state index in [2.05, 4.69) is 0 Å². The third-order valence-corrected chi connectivity index (χ3v) is 4.69. The Morgan fingerprint density at radius 1 is 1.44 bits per heavy atom. The van der Waals surface area contributed by atoms with Gasteiger partial charge in [-0.15, -0.1) is 0 Å². The molecule has 1 fully saturated rings. The quantitative estimate of drug-likeness (QED) is 0.801. The maximum absolute atomic E-state index is 11.4. The normalized spacial score (nSPS) is 24.3. The predicted octanol–water partition coefficient (Wildman–Crippen LogP) is 0.769. The van der Waals surface area contributed by atoms with E-state index in [4.69, 9.17) is 5.11 Å². The lowest BCUT2D eigenvalue weighted by atomic mass is 9.75. The van der Waals surface area contributed by atoms with E-state index in [-0.39, 0.29) is 5.92 Å². The third kappa shape index (κ3) is 2.74. The van der Waals surface area contributed by atoms with Gasteiger partial charge >= 0.3 is 5.97 Å². The van der Waals surface area contributed by atoms with Crippen LogP contribution in [0.2, 0.25) is 0 Å². The summed E-state index contributed by atoms with van der Waals surface area (Å²) >= 11 is 0. The van der Waals surface area contributed by atoms with E-state index in [1.807, 2.05) is 0 Å². The molecule has 5 nitrogen and oxygen atoms in total. The van der Waals surface area contributed by atoms with E-state index in [1.165, 1.54) is 10.6 Å². The number of sulfonamides is 1. The van der Waals surface area contributed by atoms with Gasteiger partial charge in [-0.25, -0.2) is 12.7 Å². The number of carboxylic acids is 1. The van der Waals surface area contributed by atoms with Crippen molar-refractivity contribution in [1.82, 2.24) is 4.31 Å². The highest BCUT2D eigenvalue weighted by molar-refractivity contribution is 7.88. The second-order valence-electron chi connectivity index (χ2n) is 4.99. The van der Waals surface area contributed by atoms with Gasteiger partial charge in [0.15, 0.2) is 0 Å². The lowest BCUT2D eigenvalue weighted by molar-refractivity contribution is -0.151. The zero-order valence-electron chi connectivity index (χ0n) is 9.93. The number of rotatable bonds is 3. The summed E-state index contributed by atoms with van der Waals surface area (Å²) in [7, 11) is -3.20. The molecule has 1 saturated heterocycles. The Balaban J connectivity index is 2.83. The average molecular weight is 249 g/mol. The average Bonchev–Trinajstić information content (AvgIpc) is 2.16. The molecule has 1 aliphatic heterocycles. The standard InChI is InChI=1S/C10H19NO4S/c1-10(2,9(12)13)8-5-4-6-11(7-8)16(3,14)15/h8H,4-7H2,1-3H3,(H,12,13). The van der Waals surface area contributed by atoms with E-state index in [0.29, 0.717) is 13.1 Å². The Morgan fingerprint density at radius 2 is 2.00 bits per heavy atom. The van der Waals surface area contributed by atoms with Crippen molar-refractivity contribution >= 4 is 16.0 Å². The van der Waals surface area contributed by atoms with Crippen LogP contribution in [0.1, 0.15) is 26.7 Å². The molecule has 0 amide bonds. The second kappa shape index (κ2) is 4.33. The van der Waals surface area contributed by atoms with Gasteiger partial charge in [-0.2, -0.15) is 0 Å². The molecule has 1 aliphatic rings. The van der Waals surface area contributed by atoms with Crippen molar-refractivity contribution in [2.24, 2.45) is 11.3 Å². The summed E-state index contributed by atoms with van der Waals surface area (Å²) in [4.78, 5) is 11.1. The molecule has 0 aromatic rings. The molecule has 0 aromatic heterocycles. The first-order valence-corrected chi connectivity index (χ1v) is 7.19. The number of aliphatic carboxylic acids is 1. The molecule has 6 heteroatoms. The number of nitrogens with zero attached hydrogens (tertiary/aromatic N) is 1. The summed E-state index contributed by atoms with van der Waals surface area (Å²) in [6.45, 7) is 4.14. The van der Waals surface area contributed by atoms with Crippen molar-refractivity contribution in [2.75, 3.05) is 19.3 Å². The summed E-state index contributed by atoms with van der Waals surface area (Å²) in [5.41, 5.74) is -0.872. The SMILES string of the molecule is CC(C)(C(=O)O)C1CCCN(S(C)(=O)=O)C1. The molecule has 16 heavy (non-hydrogen) atoms. The Bertz CT molecular complexity index is 374. The number of piperidine rings is 1. The third-order valence-electron chi connectivity index (χ3n) is 3.42. The zero-order chi connectivity index (χ0) is 12.6. The molecule has 0 aliphatic carbocycles. The van der Waals surface area contributed by atoms with Crippen LogP contribution in [0, 0.1) is 11.3 Å². The second-order valence-corrected chi connectivity index (χ2v) is 6.97. The Kier molecular flexibility index (Phi) is 3.64. The minimum atomic E-state index is -3.20. The highest BCUT2D eigenvalue weighted by Crippen LogP contribution is 2.34. The Labute approximate surface area is 96.5 Å². The molecule has 1 unspecified atom stereocenters. The Morgan fingerprint density at radius 3 is 2.44 bits per heavy atom. The fraction of sp³-hybridized carbons (Fsp3) is 0.900. The van der Waals surface area contributed by atoms with E-state index in [9.17, 15) is 13.2 Å². The molecular weight excluding hydrogens is 230 g/mol. The number of hydrogen-bond acceptors (Lipinski definition) is 3. The summed E-state index contributed by atoms with van der Waals surface area (Å²) in [6, 6.07) is 0. The predicted molar refractivity (Wildman–Crippen MR) is 60.6 cm³/mol. The lowest BCUT2D eigenvalue weighted by Crippen LogP contribution is -2.46. The van der Waals surface area contributed by atoms with Gasteiger partial charge in [-0.05, 0) is 32.6 Å². The molecule has 0 aromatic carbocycles. The summed E-state index contributed by atoms with van der Waals surface area (Å²) in [6.07, 6.45) is 2.67. The monoisotopic (exact) mass is 249 g/mol. The topological polar surface area (TPSA) is 74.7 Å². The van der Waals surface area contributed by atoms with Crippen molar-refractivity contribution in [3.05, 3.63) is 0 Å². The number of carbonyl (C=O) groups is 1. The van der Waals surface area contributed by atoms with Crippen molar-refractivity contribution in [1.29, 1.82) is 0 Å². The summed E-state index contributed by atoms with van der Waals surface area (Å²) in [5, 5.41) is 9.11. The molecule has 0 saturated carbocycles. The number of hydrogen-bond donors (Lipinski definition) is 1. The van der Waals surface area contributed by atoms with Crippen LogP contribution in [0.5, 0.6) is 0 Å². The van der Waals surface area contributed by atoms with Crippen LogP contribution in [0.15, 0.2) is 0 Å². The molecular formula is C10H19NO4S. The van der Waals surface area contributed by atoms with E-state index >= 15 is 0 Å². The van der Waals surface area contributed by atoms with Crippen LogP contribution < -0.4 is 0 Å². The zero-order valence-corrected chi connectivity index (χ0v) is 10.7. The summed E-state index contributed by atoms with van der Waals surface area (Å²) in [5.74, 6) is -0.985. The molecule has 1 N–H and O–H groups in total. The van der Waals surface area contributed by atoms with Crippen LogP contribution in [0.3, 0.4) is 0 Å². The fourth-order valence-electron chi connectivity index (χ4n) is 2.01. The first-order chi connectivity index (χ1) is 7.15. The molecule has 0 spiro atoms. The van der Waals surface area contributed by atoms with E-state index < -0.39 is 21.4 Å². The molecule has 1 rings (SSSR count). The first kappa shape index (κ1) is 13.4.